The van der Waals surface area contributed by atoms with Crippen LogP contribution in [-0.4, -0.2) is 5.91 Å². The summed E-state index contributed by atoms with van der Waals surface area (Å²) in [7, 11) is 0. The minimum absolute atomic E-state index is 0.149. The second-order valence-corrected chi connectivity index (χ2v) is 5.41. The van der Waals surface area contributed by atoms with Gasteiger partial charge in [-0.05, 0) is 30.3 Å². The number of amides is 1. The first kappa shape index (κ1) is 16.3. The van der Waals surface area contributed by atoms with Crippen molar-refractivity contribution in [2.75, 3.05) is 5.32 Å². The molecule has 25 heavy (non-hydrogen) atoms. The molecule has 0 saturated carbocycles. The number of hydrogen-bond donors (Lipinski definition) is 1. The van der Waals surface area contributed by atoms with Crippen LogP contribution >= 0.6 is 0 Å². The smallest absolute Gasteiger partial charge is 0.336 e. The average Bonchev–Trinajstić information content (AvgIpc) is 2.59. The van der Waals surface area contributed by atoms with Gasteiger partial charge in [0.25, 0.3) is 0 Å². The van der Waals surface area contributed by atoms with E-state index < -0.39 is 5.63 Å². The first-order valence-electron chi connectivity index (χ1n) is 7.52. The minimum atomic E-state index is -0.503. The largest absolute Gasteiger partial charge is 0.489 e. The molecule has 0 spiro atoms. The fourth-order valence-corrected chi connectivity index (χ4v) is 2.45. The van der Waals surface area contributed by atoms with Crippen molar-refractivity contribution < 1.29 is 13.9 Å². The van der Waals surface area contributed by atoms with Gasteiger partial charge in [-0.25, -0.2) is 4.79 Å². The molecule has 0 aliphatic heterocycles. The lowest BCUT2D eigenvalue weighted by Crippen LogP contribution is -2.07. The molecule has 6 heteroatoms. The summed E-state index contributed by atoms with van der Waals surface area (Å²) in [5.74, 6) is 0.328. The molecule has 124 valence electrons. The maximum atomic E-state index is 11.8. The van der Waals surface area contributed by atoms with E-state index in [0.29, 0.717) is 33.5 Å². The van der Waals surface area contributed by atoms with Gasteiger partial charge in [0.1, 0.15) is 17.9 Å². The van der Waals surface area contributed by atoms with E-state index in [4.69, 9.17) is 14.4 Å². The third kappa shape index (κ3) is 3.85. The van der Waals surface area contributed by atoms with Crippen LogP contribution in [0.2, 0.25) is 0 Å². The first-order chi connectivity index (χ1) is 12.0. The number of nitriles is 1. The first-order valence-corrected chi connectivity index (χ1v) is 7.52. The number of anilines is 1. The van der Waals surface area contributed by atoms with Crippen molar-refractivity contribution in [3.05, 3.63) is 70.1 Å². The van der Waals surface area contributed by atoms with Crippen LogP contribution in [0.25, 0.3) is 11.0 Å². The lowest BCUT2D eigenvalue weighted by atomic mass is 10.1. The summed E-state index contributed by atoms with van der Waals surface area (Å²) in [6.45, 7) is 1.55. The topological polar surface area (TPSA) is 92.3 Å². The van der Waals surface area contributed by atoms with Crippen molar-refractivity contribution in [2.24, 2.45) is 0 Å². The Labute approximate surface area is 143 Å². The number of benzene rings is 2. The van der Waals surface area contributed by atoms with Gasteiger partial charge in [0, 0.05) is 35.7 Å². The highest BCUT2D eigenvalue weighted by molar-refractivity contribution is 5.92. The van der Waals surface area contributed by atoms with Crippen molar-refractivity contribution in [2.45, 2.75) is 13.5 Å². The van der Waals surface area contributed by atoms with Crippen molar-refractivity contribution >= 4 is 22.6 Å². The van der Waals surface area contributed by atoms with Crippen molar-refractivity contribution in [1.82, 2.24) is 0 Å². The van der Waals surface area contributed by atoms with Crippen LogP contribution in [0.5, 0.6) is 5.75 Å². The van der Waals surface area contributed by atoms with Crippen LogP contribution in [0, 0.1) is 11.3 Å². The van der Waals surface area contributed by atoms with Crippen LogP contribution in [-0.2, 0) is 11.4 Å². The lowest BCUT2D eigenvalue weighted by Gasteiger charge is -2.09. The zero-order valence-corrected chi connectivity index (χ0v) is 13.4. The van der Waals surface area contributed by atoms with E-state index in [1.165, 1.54) is 13.0 Å². The van der Waals surface area contributed by atoms with Crippen molar-refractivity contribution in [1.29, 1.82) is 5.26 Å². The highest BCUT2D eigenvalue weighted by Crippen LogP contribution is 2.23. The molecule has 1 N–H and O–H groups in total. The van der Waals surface area contributed by atoms with Crippen LogP contribution in [0.3, 0.4) is 0 Å². The van der Waals surface area contributed by atoms with E-state index >= 15 is 0 Å². The third-order valence-corrected chi connectivity index (χ3v) is 3.51. The van der Waals surface area contributed by atoms with Gasteiger partial charge in [-0.15, -0.1) is 0 Å². The van der Waals surface area contributed by atoms with Gasteiger partial charge in [0.15, 0.2) is 0 Å². The molecule has 0 fully saturated rings. The van der Waals surface area contributed by atoms with Gasteiger partial charge >= 0.3 is 5.63 Å². The molecule has 0 unspecified atom stereocenters. The molecule has 0 bridgehead atoms. The Balaban J connectivity index is 1.91. The van der Waals surface area contributed by atoms with Crippen LogP contribution in [0.1, 0.15) is 18.1 Å². The van der Waals surface area contributed by atoms with E-state index in [0.717, 1.165) is 0 Å². The van der Waals surface area contributed by atoms with E-state index in [9.17, 15) is 9.59 Å². The molecule has 3 aromatic rings. The number of rotatable bonds is 4. The normalized spacial score (nSPS) is 10.2. The number of carbonyl (C=O) groups excluding carboxylic acids is 1. The van der Waals surface area contributed by atoms with Gasteiger partial charge in [-0.1, -0.05) is 6.07 Å². The molecule has 3 rings (SSSR count). The highest BCUT2D eigenvalue weighted by Gasteiger charge is 2.08. The molecular formula is C19H14N2O4. The maximum Gasteiger partial charge on any atom is 0.336 e. The van der Waals surface area contributed by atoms with Gasteiger partial charge in [0.2, 0.25) is 5.91 Å². The molecule has 0 saturated heterocycles. The SMILES string of the molecule is CC(=O)Nc1ccc2c(COc3cccc(C#N)c3)cc(=O)oc2c1. The van der Waals surface area contributed by atoms with Crippen molar-refractivity contribution in [3.63, 3.8) is 0 Å². The quantitative estimate of drug-likeness (QED) is 0.740. The summed E-state index contributed by atoms with van der Waals surface area (Å²) in [5, 5.41) is 12.3. The fraction of sp³-hybridized carbons (Fsp3) is 0.105. The molecule has 1 heterocycles. The maximum absolute atomic E-state index is 11.8. The third-order valence-electron chi connectivity index (χ3n) is 3.51. The molecule has 0 atom stereocenters. The van der Waals surface area contributed by atoms with Gasteiger partial charge < -0.3 is 14.5 Å². The summed E-state index contributed by atoms with van der Waals surface area (Å²) >= 11 is 0. The molecule has 0 aliphatic rings. The second-order valence-electron chi connectivity index (χ2n) is 5.41. The molecule has 1 aromatic heterocycles. The number of hydrogen-bond acceptors (Lipinski definition) is 5. The van der Waals surface area contributed by atoms with E-state index in [2.05, 4.69) is 5.32 Å². The Morgan fingerprint density at radius 3 is 2.84 bits per heavy atom. The number of carbonyl (C=O) groups is 1. The summed E-state index contributed by atoms with van der Waals surface area (Å²) < 4.78 is 10.9. The lowest BCUT2D eigenvalue weighted by molar-refractivity contribution is -0.114. The van der Waals surface area contributed by atoms with Crippen LogP contribution in [0.15, 0.2) is 57.7 Å². The Bertz CT molecular complexity index is 1050. The number of nitrogens with one attached hydrogen (secondary N) is 1. The Morgan fingerprint density at radius 1 is 1.24 bits per heavy atom. The number of nitrogens with zero attached hydrogens (tertiary/aromatic N) is 1. The Morgan fingerprint density at radius 2 is 2.08 bits per heavy atom. The van der Waals surface area contributed by atoms with Gasteiger partial charge in [-0.2, -0.15) is 5.26 Å². The molecular weight excluding hydrogens is 320 g/mol. The minimum Gasteiger partial charge on any atom is -0.489 e. The van der Waals surface area contributed by atoms with E-state index in [1.54, 1.807) is 42.5 Å². The second kappa shape index (κ2) is 6.89. The van der Waals surface area contributed by atoms with E-state index in [1.807, 2.05) is 6.07 Å². The zero-order chi connectivity index (χ0) is 17.8. The van der Waals surface area contributed by atoms with Crippen molar-refractivity contribution in [3.8, 4) is 11.8 Å². The molecule has 1 amide bonds. The predicted molar refractivity (Wildman–Crippen MR) is 92.3 cm³/mol. The standard InChI is InChI=1S/C19H14N2O4/c1-12(22)21-15-5-6-17-14(8-19(23)25-18(17)9-15)11-24-16-4-2-3-13(7-16)10-20/h2-9H,11H2,1H3,(H,21,22). The van der Waals surface area contributed by atoms with Crippen LogP contribution in [0.4, 0.5) is 5.69 Å². The average molecular weight is 334 g/mol. The molecule has 0 radical (unpaired) electrons. The molecule has 0 aliphatic carbocycles. The summed E-state index contributed by atoms with van der Waals surface area (Å²) in [6.07, 6.45) is 0. The van der Waals surface area contributed by atoms with E-state index in [-0.39, 0.29) is 12.5 Å². The Kier molecular flexibility index (Phi) is 4.48. The highest BCUT2D eigenvalue weighted by atomic mass is 16.5. The predicted octanol–water partition coefficient (Wildman–Crippen LogP) is 3.20. The summed E-state index contributed by atoms with van der Waals surface area (Å²) in [5.41, 5.74) is 1.56. The molecule has 2 aromatic carbocycles. The number of fused-ring (bicyclic) bond motifs is 1. The Hall–Kier alpha value is -3.59. The number of ether oxygens (including phenoxy) is 1. The summed E-state index contributed by atoms with van der Waals surface area (Å²) in [4.78, 5) is 22.9. The summed E-state index contributed by atoms with van der Waals surface area (Å²) in [6, 6.07) is 15.3. The fourth-order valence-electron chi connectivity index (χ4n) is 2.45. The van der Waals surface area contributed by atoms with Gasteiger partial charge in [0.05, 0.1) is 11.6 Å². The monoisotopic (exact) mass is 334 g/mol. The zero-order valence-electron chi connectivity index (χ0n) is 13.4. The van der Waals surface area contributed by atoms with Gasteiger partial charge in [-0.3, -0.25) is 4.79 Å². The molecule has 6 nitrogen and oxygen atoms in total. The van der Waals surface area contributed by atoms with Crippen LogP contribution < -0.4 is 15.7 Å².